The standard InChI is InChI=1S/C16H30N2/c1-18(2)16(8-4-3-5-9-16)15(17)14-11-12-6-7-13(14)10-12/h12-15H,3-11,17H2,1-2H3. The summed E-state index contributed by atoms with van der Waals surface area (Å²) < 4.78 is 0. The predicted molar refractivity (Wildman–Crippen MR) is 76.4 cm³/mol. The first-order valence-electron chi connectivity index (χ1n) is 8.06. The molecule has 4 unspecified atom stereocenters. The number of hydrogen-bond donors (Lipinski definition) is 1. The third-order valence-electron chi connectivity index (χ3n) is 6.48. The average molecular weight is 250 g/mol. The van der Waals surface area contributed by atoms with Crippen molar-refractivity contribution < 1.29 is 0 Å². The van der Waals surface area contributed by atoms with Crippen LogP contribution in [0.3, 0.4) is 0 Å². The summed E-state index contributed by atoms with van der Waals surface area (Å²) in [6.45, 7) is 0. The highest BCUT2D eigenvalue weighted by Gasteiger charge is 2.50. The van der Waals surface area contributed by atoms with Crippen LogP contribution in [0.1, 0.15) is 57.8 Å². The van der Waals surface area contributed by atoms with Crippen LogP contribution in [0.15, 0.2) is 0 Å². The fraction of sp³-hybridized carbons (Fsp3) is 1.00. The second kappa shape index (κ2) is 4.79. The molecular formula is C16H30N2. The molecule has 0 aromatic heterocycles. The van der Waals surface area contributed by atoms with Crippen LogP contribution >= 0.6 is 0 Å². The number of nitrogens with two attached hydrogens (primary N) is 1. The first-order chi connectivity index (χ1) is 8.63. The van der Waals surface area contributed by atoms with Gasteiger partial charge in [0, 0.05) is 11.6 Å². The highest BCUT2D eigenvalue weighted by atomic mass is 15.2. The normalized spacial score (nSPS) is 40.3. The Balaban J connectivity index is 1.77. The Kier molecular flexibility index (Phi) is 3.44. The molecule has 0 aromatic rings. The summed E-state index contributed by atoms with van der Waals surface area (Å²) in [7, 11) is 4.52. The van der Waals surface area contributed by atoms with Crippen LogP contribution in [0.25, 0.3) is 0 Å². The van der Waals surface area contributed by atoms with Crippen LogP contribution in [-0.4, -0.2) is 30.6 Å². The summed E-state index contributed by atoms with van der Waals surface area (Å²) in [6, 6.07) is 0.420. The first-order valence-corrected chi connectivity index (χ1v) is 8.06. The molecule has 4 atom stereocenters. The number of rotatable bonds is 3. The fourth-order valence-electron chi connectivity index (χ4n) is 5.37. The summed E-state index contributed by atoms with van der Waals surface area (Å²) >= 11 is 0. The molecule has 0 aliphatic heterocycles. The van der Waals surface area contributed by atoms with E-state index in [1.807, 2.05) is 0 Å². The van der Waals surface area contributed by atoms with Gasteiger partial charge in [0.25, 0.3) is 0 Å². The van der Waals surface area contributed by atoms with Gasteiger partial charge in [-0.05, 0) is 64.0 Å². The molecule has 0 amide bonds. The highest BCUT2D eigenvalue weighted by molar-refractivity contribution is 5.06. The van der Waals surface area contributed by atoms with Crippen LogP contribution in [0, 0.1) is 17.8 Å². The van der Waals surface area contributed by atoms with Crippen molar-refractivity contribution >= 4 is 0 Å². The van der Waals surface area contributed by atoms with E-state index in [9.17, 15) is 0 Å². The molecular weight excluding hydrogens is 220 g/mol. The van der Waals surface area contributed by atoms with Crippen molar-refractivity contribution in [2.75, 3.05) is 14.1 Å². The van der Waals surface area contributed by atoms with E-state index < -0.39 is 0 Å². The van der Waals surface area contributed by atoms with E-state index in [1.54, 1.807) is 0 Å². The topological polar surface area (TPSA) is 29.3 Å². The molecule has 3 saturated carbocycles. The third-order valence-corrected chi connectivity index (χ3v) is 6.48. The van der Waals surface area contributed by atoms with E-state index in [4.69, 9.17) is 5.73 Å². The Hall–Kier alpha value is -0.0800. The smallest absolute Gasteiger partial charge is 0.0357 e. The molecule has 2 nitrogen and oxygen atoms in total. The maximum atomic E-state index is 6.83. The van der Waals surface area contributed by atoms with Crippen LogP contribution in [0.2, 0.25) is 0 Å². The number of nitrogens with zero attached hydrogens (tertiary/aromatic N) is 1. The summed E-state index contributed by atoms with van der Waals surface area (Å²) in [5, 5.41) is 0. The number of hydrogen-bond acceptors (Lipinski definition) is 2. The molecule has 0 saturated heterocycles. The maximum Gasteiger partial charge on any atom is 0.0357 e. The number of likely N-dealkylation sites (N-methyl/N-ethyl adjacent to an activating group) is 1. The van der Waals surface area contributed by atoms with E-state index in [0.29, 0.717) is 11.6 Å². The van der Waals surface area contributed by atoms with E-state index in [-0.39, 0.29) is 0 Å². The van der Waals surface area contributed by atoms with Gasteiger partial charge in [-0.2, -0.15) is 0 Å². The zero-order valence-corrected chi connectivity index (χ0v) is 12.2. The fourth-order valence-corrected chi connectivity index (χ4v) is 5.37. The van der Waals surface area contributed by atoms with Gasteiger partial charge < -0.3 is 10.6 Å². The predicted octanol–water partition coefficient (Wildman–Crippen LogP) is 3.01. The molecule has 104 valence electrons. The Bertz CT molecular complexity index is 293. The van der Waals surface area contributed by atoms with Crippen LogP contribution in [0.4, 0.5) is 0 Å². The largest absolute Gasteiger partial charge is 0.326 e. The van der Waals surface area contributed by atoms with Gasteiger partial charge in [-0.25, -0.2) is 0 Å². The van der Waals surface area contributed by atoms with Crippen LogP contribution < -0.4 is 5.73 Å². The minimum absolute atomic E-state index is 0.313. The molecule has 3 rings (SSSR count). The van der Waals surface area contributed by atoms with Crippen LogP contribution in [-0.2, 0) is 0 Å². The van der Waals surface area contributed by atoms with Gasteiger partial charge in [0.05, 0.1) is 0 Å². The molecule has 0 aromatic carbocycles. The summed E-state index contributed by atoms with van der Waals surface area (Å²) in [6.07, 6.45) is 12.7. The minimum atomic E-state index is 0.313. The lowest BCUT2D eigenvalue weighted by Gasteiger charge is -2.50. The molecule has 3 aliphatic rings. The van der Waals surface area contributed by atoms with Gasteiger partial charge in [-0.3, -0.25) is 0 Å². The van der Waals surface area contributed by atoms with Gasteiger partial charge in [-0.1, -0.05) is 25.7 Å². The Morgan fingerprint density at radius 1 is 1.06 bits per heavy atom. The minimum Gasteiger partial charge on any atom is -0.326 e. The Morgan fingerprint density at radius 2 is 1.78 bits per heavy atom. The monoisotopic (exact) mass is 250 g/mol. The summed E-state index contributed by atoms with van der Waals surface area (Å²) in [5.74, 6) is 2.81. The van der Waals surface area contributed by atoms with Crippen molar-refractivity contribution in [3.05, 3.63) is 0 Å². The first kappa shape index (κ1) is 12.9. The molecule has 2 N–H and O–H groups in total. The summed E-state index contributed by atoms with van der Waals surface area (Å²) in [5.41, 5.74) is 7.15. The highest BCUT2D eigenvalue weighted by Crippen LogP contribution is 2.52. The molecule has 2 bridgehead atoms. The van der Waals surface area contributed by atoms with Crippen molar-refractivity contribution in [1.82, 2.24) is 4.90 Å². The zero-order valence-electron chi connectivity index (χ0n) is 12.2. The zero-order chi connectivity index (χ0) is 12.8. The molecule has 0 spiro atoms. The Morgan fingerprint density at radius 3 is 2.28 bits per heavy atom. The van der Waals surface area contributed by atoms with Gasteiger partial charge in [0.2, 0.25) is 0 Å². The van der Waals surface area contributed by atoms with Crippen molar-refractivity contribution in [1.29, 1.82) is 0 Å². The average Bonchev–Trinajstić information content (AvgIpc) is 3.00. The van der Waals surface area contributed by atoms with Crippen LogP contribution in [0.5, 0.6) is 0 Å². The van der Waals surface area contributed by atoms with Crippen molar-refractivity contribution in [2.24, 2.45) is 23.5 Å². The summed E-state index contributed by atoms with van der Waals surface area (Å²) in [4.78, 5) is 2.48. The maximum absolute atomic E-state index is 6.83. The van der Waals surface area contributed by atoms with E-state index in [2.05, 4.69) is 19.0 Å². The molecule has 3 fully saturated rings. The van der Waals surface area contributed by atoms with Crippen molar-refractivity contribution in [3.8, 4) is 0 Å². The van der Waals surface area contributed by atoms with Gasteiger partial charge in [0.15, 0.2) is 0 Å². The van der Waals surface area contributed by atoms with E-state index in [0.717, 1.165) is 17.8 Å². The van der Waals surface area contributed by atoms with Gasteiger partial charge in [-0.15, -0.1) is 0 Å². The lowest BCUT2D eigenvalue weighted by atomic mass is 9.68. The van der Waals surface area contributed by atoms with E-state index in [1.165, 1.54) is 57.8 Å². The van der Waals surface area contributed by atoms with E-state index >= 15 is 0 Å². The lowest BCUT2D eigenvalue weighted by Crippen LogP contribution is -2.61. The second-order valence-corrected chi connectivity index (χ2v) is 7.42. The third kappa shape index (κ3) is 1.92. The van der Waals surface area contributed by atoms with Gasteiger partial charge in [0.1, 0.15) is 0 Å². The molecule has 2 heteroatoms. The van der Waals surface area contributed by atoms with Crippen molar-refractivity contribution in [3.63, 3.8) is 0 Å². The van der Waals surface area contributed by atoms with Crippen molar-refractivity contribution in [2.45, 2.75) is 69.4 Å². The quantitative estimate of drug-likeness (QED) is 0.834. The molecule has 3 aliphatic carbocycles. The van der Waals surface area contributed by atoms with Gasteiger partial charge >= 0.3 is 0 Å². The molecule has 0 heterocycles. The number of fused-ring (bicyclic) bond motifs is 2. The molecule has 0 radical (unpaired) electrons. The second-order valence-electron chi connectivity index (χ2n) is 7.42. The lowest BCUT2D eigenvalue weighted by molar-refractivity contribution is 0.0365. The molecule has 18 heavy (non-hydrogen) atoms. The SMILES string of the molecule is CN(C)C1(C(N)C2CC3CCC2C3)CCCCC1. The Labute approximate surface area is 112 Å².